The van der Waals surface area contributed by atoms with Gasteiger partial charge in [0.25, 0.3) is 0 Å². The van der Waals surface area contributed by atoms with E-state index in [4.69, 9.17) is 0 Å². The molecule has 70 valence electrons. The summed E-state index contributed by atoms with van der Waals surface area (Å²) in [5.41, 5.74) is 0.167. The zero-order valence-electron chi connectivity index (χ0n) is 7.93. The third-order valence-corrected chi connectivity index (χ3v) is 1.44. The van der Waals surface area contributed by atoms with Crippen molar-refractivity contribution in [3.05, 3.63) is 42.2 Å². The summed E-state index contributed by atoms with van der Waals surface area (Å²) >= 11 is 0. The second-order valence-corrected chi connectivity index (χ2v) is 2.39. The van der Waals surface area contributed by atoms with Crippen molar-refractivity contribution in [3.63, 3.8) is 0 Å². The van der Waals surface area contributed by atoms with Crippen LogP contribution in [0, 0.1) is 0 Å². The monoisotopic (exact) mass is 242 g/mol. The van der Waals surface area contributed by atoms with Gasteiger partial charge in [-0.15, -0.1) is 0 Å². The molecule has 1 N–H and O–H groups in total. The molecule has 0 bridgehead atoms. The van der Waals surface area contributed by atoms with Crippen LogP contribution in [0.15, 0.2) is 36.6 Å². The zero-order valence-corrected chi connectivity index (χ0v) is 10.9. The van der Waals surface area contributed by atoms with Crippen LogP contribution in [0.5, 0.6) is 5.75 Å². The van der Waals surface area contributed by atoms with E-state index in [0.29, 0.717) is 0 Å². The smallest absolute Gasteiger partial charge is 0.346 e. The molecular formula is C10H10O3Zn. The Hall–Kier alpha value is -1.15. The number of carbonyl (C=O) groups excluding carboxylic acids is 1. The maximum Gasteiger partial charge on any atom is 0.346 e. The number of hydrogen-bond donors (Lipinski definition) is 1. The van der Waals surface area contributed by atoms with Gasteiger partial charge in [-0.1, -0.05) is 18.2 Å². The fourth-order valence-electron chi connectivity index (χ4n) is 0.840. The first-order chi connectivity index (χ1) is 6.25. The van der Waals surface area contributed by atoms with E-state index in [1.807, 2.05) is 0 Å². The minimum Gasteiger partial charge on any atom is -0.507 e. The summed E-state index contributed by atoms with van der Waals surface area (Å²) in [5.74, 6) is -0.631. The summed E-state index contributed by atoms with van der Waals surface area (Å²) in [6.07, 6.45) is 2.87. The Balaban J connectivity index is 0.00000169. The fourth-order valence-corrected chi connectivity index (χ4v) is 0.840. The van der Waals surface area contributed by atoms with Gasteiger partial charge >= 0.3 is 5.97 Å². The van der Waals surface area contributed by atoms with E-state index in [-0.39, 0.29) is 30.8 Å². The zero-order chi connectivity index (χ0) is 9.68. The number of phenolic OH excluding ortho intramolecular Hbond substituents is 1. The minimum absolute atomic E-state index is 0. The summed E-state index contributed by atoms with van der Waals surface area (Å²) in [4.78, 5) is 11.2. The molecule has 0 atom stereocenters. The third kappa shape index (κ3) is 3.31. The average molecular weight is 244 g/mol. The largest absolute Gasteiger partial charge is 0.507 e. The Morgan fingerprint density at radius 3 is 2.64 bits per heavy atom. The van der Waals surface area contributed by atoms with Gasteiger partial charge in [0.15, 0.2) is 0 Å². The van der Waals surface area contributed by atoms with E-state index in [0.717, 1.165) is 0 Å². The molecule has 0 amide bonds. The van der Waals surface area contributed by atoms with Crippen molar-refractivity contribution in [1.29, 1.82) is 0 Å². The van der Waals surface area contributed by atoms with Crippen molar-refractivity contribution in [1.82, 2.24) is 0 Å². The summed E-state index contributed by atoms with van der Waals surface area (Å²) in [6.45, 7) is 1.73. The van der Waals surface area contributed by atoms with Crippen molar-refractivity contribution >= 4 is 5.97 Å². The number of benzene rings is 1. The maximum atomic E-state index is 11.2. The quantitative estimate of drug-likeness (QED) is 0.491. The van der Waals surface area contributed by atoms with Crippen LogP contribution in [0.25, 0.3) is 0 Å². The van der Waals surface area contributed by atoms with Crippen LogP contribution < -0.4 is 0 Å². The Kier molecular flexibility index (Phi) is 5.81. The van der Waals surface area contributed by atoms with E-state index < -0.39 is 5.97 Å². The number of ether oxygens (including phenoxy) is 1. The van der Waals surface area contributed by atoms with Gasteiger partial charge in [0.05, 0.1) is 6.26 Å². The van der Waals surface area contributed by atoms with Crippen LogP contribution in [0.2, 0.25) is 0 Å². The number of phenols is 1. The van der Waals surface area contributed by atoms with E-state index in [9.17, 15) is 9.90 Å². The molecule has 1 rings (SSSR count). The summed E-state index contributed by atoms with van der Waals surface area (Å²) in [7, 11) is 0. The molecule has 4 heteroatoms. The van der Waals surface area contributed by atoms with Crippen molar-refractivity contribution in [2.24, 2.45) is 0 Å². The first-order valence-electron chi connectivity index (χ1n) is 3.86. The number of para-hydroxylation sites is 1. The van der Waals surface area contributed by atoms with Gasteiger partial charge in [-0.05, 0) is 19.1 Å². The molecule has 1 aromatic rings. The topological polar surface area (TPSA) is 46.5 Å². The van der Waals surface area contributed by atoms with Crippen molar-refractivity contribution in [2.75, 3.05) is 0 Å². The molecule has 0 aliphatic rings. The molecule has 0 aromatic heterocycles. The molecule has 0 unspecified atom stereocenters. The Morgan fingerprint density at radius 1 is 1.43 bits per heavy atom. The second kappa shape index (κ2) is 6.33. The van der Waals surface area contributed by atoms with Gasteiger partial charge in [0.2, 0.25) is 0 Å². The van der Waals surface area contributed by atoms with Crippen molar-refractivity contribution in [2.45, 2.75) is 6.92 Å². The molecular weight excluding hydrogens is 233 g/mol. The van der Waals surface area contributed by atoms with Crippen LogP contribution in [0.1, 0.15) is 17.3 Å². The molecule has 0 heterocycles. The first kappa shape index (κ1) is 12.9. The molecule has 0 aliphatic carbocycles. The molecule has 0 spiro atoms. The molecule has 0 saturated heterocycles. The number of allylic oxidation sites excluding steroid dienone is 1. The molecule has 0 radical (unpaired) electrons. The molecule has 0 saturated carbocycles. The summed E-state index contributed by atoms with van der Waals surface area (Å²) in [5, 5.41) is 9.26. The van der Waals surface area contributed by atoms with Gasteiger partial charge < -0.3 is 9.84 Å². The van der Waals surface area contributed by atoms with Gasteiger partial charge in [0, 0.05) is 19.5 Å². The SMILES string of the molecule is CC=COC(=O)c1ccccc1O.[Zn]. The van der Waals surface area contributed by atoms with Crippen LogP contribution >= 0.6 is 0 Å². The Labute approximate surface area is 95.2 Å². The summed E-state index contributed by atoms with van der Waals surface area (Å²) < 4.78 is 4.68. The predicted molar refractivity (Wildman–Crippen MR) is 48.3 cm³/mol. The molecule has 14 heavy (non-hydrogen) atoms. The van der Waals surface area contributed by atoms with Crippen molar-refractivity contribution < 1.29 is 34.1 Å². The number of rotatable bonds is 2. The van der Waals surface area contributed by atoms with Crippen LogP contribution in [0.4, 0.5) is 0 Å². The van der Waals surface area contributed by atoms with Gasteiger partial charge in [0.1, 0.15) is 11.3 Å². The number of aromatic hydroxyl groups is 1. The number of carbonyl (C=O) groups is 1. The fraction of sp³-hybridized carbons (Fsp3) is 0.100. The van der Waals surface area contributed by atoms with Gasteiger partial charge in [-0.3, -0.25) is 0 Å². The van der Waals surface area contributed by atoms with E-state index in [1.165, 1.54) is 18.4 Å². The van der Waals surface area contributed by atoms with Crippen LogP contribution in [0.3, 0.4) is 0 Å². The van der Waals surface area contributed by atoms with E-state index in [2.05, 4.69) is 4.74 Å². The number of esters is 1. The predicted octanol–water partition coefficient (Wildman–Crippen LogP) is 2.08. The Morgan fingerprint density at radius 2 is 2.07 bits per heavy atom. The van der Waals surface area contributed by atoms with E-state index >= 15 is 0 Å². The van der Waals surface area contributed by atoms with Crippen LogP contribution in [-0.2, 0) is 24.2 Å². The van der Waals surface area contributed by atoms with E-state index in [1.54, 1.807) is 25.1 Å². The molecule has 0 aliphatic heterocycles. The standard InChI is InChI=1S/C10H10O3.Zn/c1-2-7-13-10(12)8-5-3-4-6-9(8)11;/h2-7,11H,1H3;. The van der Waals surface area contributed by atoms with Crippen molar-refractivity contribution in [3.8, 4) is 5.75 Å². The molecule has 3 nitrogen and oxygen atoms in total. The normalized spacial score (nSPS) is 9.50. The molecule has 1 aromatic carbocycles. The van der Waals surface area contributed by atoms with Gasteiger partial charge in [-0.25, -0.2) is 4.79 Å². The Bertz CT molecular complexity index is 334. The maximum absolute atomic E-state index is 11.2. The second-order valence-electron chi connectivity index (χ2n) is 2.39. The molecule has 0 fully saturated rings. The minimum atomic E-state index is -0.559. The first-order valence-corrected chi connectivity index (χ1v) is 3.86. The summed E-state index contributed by atoms with van der Waals surface area (Å²) in [6, 6.07) is 6.24. The van der Waals surface area contributed by atoms with Crippen LogP contribution in [-0.4, -0.2) is 11.1 Å². The van der Waals surface area contributed by atoms with Gasteiger partial charge in [-0.2, -0.15) is 0 Å². The average Bonchev–Trinajstić information content (AvgIpc) is 2.15. The third-order valence-electron chi connectivity index (χ3n) is 1.44. The number of hydrogen-bond acceptors (Lipinski definition) is 3.